The van der Waals surface area contributed by atoms with Gasteiger partial charge in [0.2, 0.25) is 23.5 Å². The Morgan fingerprint density at radius 2 is 1.45 bits per heavy atom. The highest BCUT2D eigenvalue weighted by atomic mass is 32.2. The zero-order chi connectivity index (χ0) is 44.6. The molecule has 6 N–H and O–H groups in total. The van der Waals surface area contributed by atoms with E-state index in [2.05, 4.69) is 31.2 Å². The molecule has 0 saturated heterocycles. The summed E-state index contributed by atoms with van der Waals surface area (Å²) >= 11 is 0. The number of carbonyl (C=O) groups is 7. The SMILES string of the molecule is CCC(NC(=O)[C@H](CC1CCCCC1)NC(=O)[C@@H](NC(=O)[C@H](CC(C)C)NC(=O)c1cnccn1)[C@@H](C)CC)C(=O)C(=O)NCC(=O)NS(=O)(=O)c1ccc([N+](=O)[O-])cc1. The third kappa shape index (κ3) is 14.8. The van der Waals surface area contributed by atoms with Crippen LogP contribution >= 0.6 is 0 Å². The molecule has 1 aliphatic rings. The van der Waals surface area contributed by atoms with Crippen molar-refractivity contribution < 1.29 is 46.9 Å². The van der Waals surface area contributed by atoms with Gasteiger partial charge in [-0.05, 0) is 49.1 Å². The van der Waals surface area contributed by atoms with E-state index in [0.717, 1.165) is 56.4 Å². The molecule has 20 nitrogen and oxygen atoms in total. The number of carbonyl (C=O) groups excluding carboxylic acids is 7. The van der Waals surface area contributed by atoms with E-state index in [1.165, 1.54) is 25.5 Å². The Kier molecular flexibility index (Phi) is 18.6. The van der Waals surface area contributed by atoms with Crippen molar-refractivity contribution in [2.75, 3.05) is 6.54 Å². The molecule has 1 fully saturated rings. The molecule has 1 aromatic carbocycles. The van der Waals surface area contributed by atoms with Crippen LogP contribution in [0.25, 0.3) is 0 Å². The van der Waals surface area contributed by atoms with Gasteiger partial charge >= 0.3 is 0 Å². The lowest BCUT2D eigenvalue weighted by atomic mass is 9.84. The van der Waals surface area contributed by atoms with Crippen LogP contribution in [0.2, 0.25) is 0 Å². The van der Waals surface area contributed by atoms with E-state index in [-0.39, 0.29) is 42.5 Å². The summed E-state index contributed by atoms with van der Waals surface area (Å²) in [5, 5.41) is 23.7. The lowest BCUT2D eigenvalue weighted by molar-refractivity contribution is -0.384. The van der Waals surface area contributed by atoms with Crippen molar-refractivity contribution >= 4 is 56.9 Å². The van der Waals surface area contributed by atoms with Crippen molar-refractivity contribution in [3.05, 3.63) is 58.7 Å². The molecule has 0 aliphatic heterocycles. The molecule has 1 saturated carbocycles. The minimum absolute atomic E-state index is 0.00554. The quantitative estimate of drug-likeness (QED) is 0.0558. The van der Waals surface area contributed by atoms with Gasteiger partial charge in [0.15, 0.2) is 0 Å². The number of non-ortho nitro benzene ring substituents is 1. The first-order chi connectivity index (χ1) is 28.4. The Morgan fingerprint density at radius 3 is 2.02 bits per heavy atom. The highest BCUT2D eigenvalue weighted by Crippen LogP contribution is 2.28. The van der Waals surface area contributed by atoms with E-state index in [1.807, 2.05) is 26.1 Å². The topological polar surface area (TPSA) is 295 Å². The largest absolute Gasteiger partial charge is 0.344 e. The van der Waals surface area contributed by atoms with Crippen molar-refractivity contribution in [1.29, 1.82) is 0 Å². The number of rotatable bonds is 22. The number of aromatic nitrogens is 2. The molecule has 0 radical (unpaired) electrons. The first-order valence-electron chi connectivity index (χ1n) is 20.0. The molecule has 0 bridgehead atoms. The summed E-state index contributed by atoms with van der Waals surface area (Å²) < 4.78 is 26.8. The summed E-state index contributed by atoms with van der Waals surface area (Å²) in [4.78, 5) is 111. The average molecular weight is 858 g/mol. The number of sulfonamides is 1. The molecule has 6 amide bonds. The smallest absolute Gasteiger partial charge is 0.290 e. The van der Waals surface area contributed by atoms with Crippen LogP contribution in [0.4, 0.5) is 5.69 Å². The van der Waals surface area contributed by atoms with Gasteiger partial charge < -0.3 is 26.6 Å². The molecule has 21 heteroatoms. The van der Waals surface area contributed by atoms with E-state index in [0.29, 0.717) is 6.42 Å². The van der Waals surface area contributed by atoms with Crippen molar-refractivity contribution in [3.8, 4) is 0 Å². The number of amides is 6. The second-order valence-electron chi connectivity index (χ2n) is 15.2. The number of nitro groups is 1. The van der Waals surface area contributed by atoms with Crippen molar-refractivity contribution in [3.63, 3.8) is 0 Å². The highest BCUT2D eigenvalue weighted by molar-refractivity contribution is 7.90. The van der Waals surface area contributed by atoms with Crippen LogP contribution in [-0.2, 0) is 38.8 Å². The van der Waals surface area contributed by atoms with Gasteiger partial charge in [0.05, 0.1) is 28.6 Å². The van der Waals surface area contributed by atoms with Crippen molar-refractivity contribution in [2.45, 2.75) is 121 Å². The molecule has 1 aromatic heterocycles. The Bertz CT molecular complexity index is 1960. The van der Waals surface area contributed by atoms with Gasteiger partial charge in [0.1, 0.15) is 23.8 Å². The van der Waals surface area contributed by atoms with Gasteiger partial charge in [0.25, 0.3) is 33.4 Å². The summed E-state index contributed by atoms with van der Waals surface area (Å²) in [5.41, 5.74) is -0.369. The van der Waals surface area contributed by atoms with Crippen LogP contribution in [0.5, 0.6) is 0 Å². The van der Waals surface area contributed by atoms with Crippen LogP contribution in [-0.4, -0.2) is 95.2 Å². The fraction of sp³-hybridized carbons (Fsp3) is 0.564. The molecule has 1 heterocycles. The van der Waals surface area contributed by atoms with Crippen LogP contribution in [0, 0.1) is 27.9 Å². The number of ketones is 1. The predicted molar refractivity (Wildman–Crippen MR) is 216 cm³/mol. The summed E-state index contributed by atoms with van der Waals surface area (Å²) in [6.07, 6.45) is 9.33. The summed E-state index contributed by atoms with van der Waals surface area (Å²) in [6, 6.07) is -1.02. The Hall–Kier alpha value is -5.86. The van der Waals surface area contributed by atoms with Crippen molar-refractivity contribution in [1.82, 2.24) is 41.3 Å². The molecule has 5 atom stereocenters. The van der Waals surface area contributed by atoms with Crippen LogP contribution in [0.15, 0.2) is 47.8 Å². The number of Topliss-reactive ketones (excluding diaryl/α,β-unsaturated/α-hetero) is 1. The van der Waals surface area contributed by atoms with Crippen LogP contribution in [0.1, 0.15) is 103 Å². The maximum atomic E-state index is 14.1. The standard InChI is InChI=1S/C39H55N9O11S/c1-6-24(5)33(46-36(52)29(19-23(3)4)44-37(53)31-21-40-17-18-41-31)38(54)45-30(20-25-11-9-8-10-12-25)35(51)43-28(7-2)34(50)39(55)42-22-32(49)47-60(58,59)27-15-13-26(14-16-27)48(56)57/h13-18,21,23-25,28-30,33H,6-12,19-20,22H2,1-5H3,(H,42,55)(H,43,51)(H,44,53)(H,45,54)(H,46,52)(H,47,49)/t24-,28?,29-,30-,33-/m0/s1. The second kappa shape index (κ2) is 23.1. The Morgan fingerprint density at radius 1 is 0.817 bits per heavy atom. The first-order valence-corrected chi connectivity index (χ1v) is 21.4. The Labute approximate surface area is 348 Å². The fourth-order valence-corrected chi connectivity index (χ4v) is 7.56. The molecular formula is C39H55N9O11S. The first kappa shape index (κ1) is 48.5. The minimum Gasteiger partial charge on any atom is -0.344 e. The van der Waals surface area contributed by atoms with Gasteiger partial charge in [-0.1, -0.05) is 73.1 Å². The maximum Gasteiger partial charge on any atom is 0.290 e. The number of hydrogen-bond donors (Lipinski definition) is 6. The average Bonchev–Trinajstić information content (AvgIpc) is 3.22. The lowest BCUT2D eigenvalue weighted by Crippen LogP contribution is -2.60. The molecule has 0 spiro atoms. The van der Waals surface area contributed by atoms with E-state index < -0.39 is 97.7 Å². The fourth-order valence-electron chi connectivity index (χ4n) is 6.58. The molecule has 1 unspecified atom stereocenters. The number of nitro benzene ring substituents is 1. The van der Waals surface area contributed by atoms with Gasteiger partial charge in [0, 0.05) is 24.5 Å². The molecule has 328 valence electrons. The zero-order valence-electron chi connectivity index (χ0n) is 34.4. The number of nitrogens with zero attached hydrogens (tertiary/aromatic N) is 3. The van der Waals surface area contributed by atoms with Gasteiger partial charge in [-0.2, -0.15) is 0 Å². The summed E-state index contributed by atoms with van der Waals surface area (Å²) in [5.74, 6) is -6.69. The van der Waals surface area contributed by atoms with Gasteiger partial charge in [-0.15, -0.1) is 0 Å². The van der Waals surface area contributed by atoms with E-state index in [4.69, 9.17) is 0 Å². The van der Waals surface area contributed by atoms with E-state index >= 15 is 0 Å². The predicted octanol–water partition coefficient (Wildman–Crippen LogP) is 1.60. The summed E-state index contributed by atoms with van der Waals surface area (Å²) in [6.45, 7) is 7.92. The zero-order valence-corrected chi connectivity index (χ0v) is 35.2. The number of nitrogens with one attached hydrogen (secondary N) is 6. The summed E-state index contributed by atoms with van der Waals surface area (Å²) in [7, 11) is -4.48. The van der Waals surface area contributed by atoms with Crippen LogP contribution < -0.4 is 31.3 Å². The number of benzene rings is 1. The molecule has 2 aromatic rings. The molecule has 1 aliphatic carbocycles. The second-order valence-corrected chi connectivity index (χ2v) is 16.9. The molecule has 60 heavy (non-hydrogen) atoms. The Balaban J connectivity index is 1.72. The normalized spacial score (nSPS) is 15.6. The lowest BCUT2D eigenvalue weighted by Gasteiger charge is -2.31. The van der Waals surface area contributed by atoms with E-state index in [9.17, 15) is 52.1 Å². The third-order valence-corrected chi connectivity index (χ3v) is 11.5. The monoisotopic (exact) mass is 857 g/mol. The van der Waals surface area contributed by atoms with E-state index in [1.54, 1.807) is 11.6 Å². The third-order valence-electron chi connectivity index (χ3n) is 10.1. The molecule has 3 rings (SSSR count). The van der Waals surface area contributed by atoms with Gasteiger partial charge in [-0.3, -0.25) is 48.7 Å². The number of hydrogen-bond acceptors (Lipinski definition) is 13. The van der Waals surface area contributed by atoms with Crippen LogP contribution in [0.3, 0.4) is 0 Å². The van der Waals surface area contributed by atoms with Crippen molar-refractivity contribution in [2.24, 2.45) is 17.8 Å². The highest BCUT2D eigenvalue weighted by Gasteiger charge is 2.36. The van der Waals surface area contributed by atoms with Gasteiger partial charge in [-0.25, -0.2) is 18.1 Å². The maximum absolute atomic E-state index is 14.1. The minimum atomic E-state index is -4.48. The molecular weight excluding hydrogens is 803 g/mol.